The number of rotatable bonds is 6. The molecule has 2 aromatic carbocycles. The number of hydrogen-bond donors (Lipinski definition) is 3. The molecule has 140 valence electrons. The third-order valence-electron chi connectivity index (χ3n) is 4.48. The van der Waals surface area contributed by atoms with E-state index in [1.807, 2.05) is 31.2 Å². The van der Waals surface area contributed by atoms with E-state index < -0.39 is 5.91 Å². The molecule has 0 aliphatic rings. The minimum Gasteiger partial charge on any atom is -0.495 e. The topological polar surface area (TPSA) is 103 Å². The Morgan fingerprint density at radius 2 is 2.11 bits per heavy atom. The lowest BCUT2D eigenvalue weighted by Crippen LogP contribution is -2.21. The first-order chi connectivity index (χ1) is 13.0. The summed E-state index contributed by atoms with van der Waals surface area (Å²) in [5.74, 6) is 0.0908. The lowest BCUT2D eigenvalue weighted by molar-refractivity contribution is 0.100. The van der Waals surface area contributed by atoms with E-state index in [1.165, 1.54) is 0 Å². The van der Waals surface area contributed by atoms with Crippen molar-refractivity contribution in [1.29, 1.82) is 0 Å². The zero-order valence-corrected chi connectivity index (χ0v) is 15.9. The number of methoxy groups -OCH3 is 1. The number of nitrogens with one attached hydrogen (secondary N) is 1. The number of benzene rings is 2. The number of amides is 1. The van der Waals surface area contributed by atoms with Gasteiger partial charge in [-0.05, 0) is 36.2 Å². The van der Waals surface area contributed by atoms with Gasteiger partial charge in [0.2, 0.25) is 0 Å². The zero-order valence-electron chi connectivity index (χ0n) is 15.1. The summed E-state index contributed by atoms with van der Waals surface area (Å²) in [5.41, 5.74) is 15.2. The number of fused-ring (bicyclic) bond motifs is 1. The maximum Gasteiger partial charge on any atom is 0.250 e. The third-order valence-corrected chi connectivity index (χ3v) is 4.78. The standard InChI is InChI=1S/C20H21ClN4O2/c1-11-10-24-19-13(4-3-5-14(19)20(23)26)18(11)25-16(9-22)12-6-7-17(27-2)15(21)8-12/h3-8,10,16H,9,22H2,1-2H3,(H2,23,26)(H,24,25). The fourth-order valence-electron chi connectivity index (χ4n) is 3.07. The molecule has 0 saturated heterocycles. The van der Waals surface area contributed by atoms with Crippen LogP contribution in [0.3, 0.4) is 0 Å². The smallest absolute Gasteiger partial charge is 0.250 e. The number of aryl methyl sites for hydroxylation is 1. The van der Waals surface area contributed by atoms with Crippen molar-refractivity contribution in [2.75, 3.05) is 19.0 Å². The van der Waals surface area contributed by atoms with Gasteiger partial charge < -0.3 is 21.5 Å². The maximum absolute atomic E-state index is 11.7. The molecule has 0 saturated carbocycles. The summed E-state index contributed by atoms with van der Waals surface area (Å²) in [5, 5.41) is 4.80. The van der Waals surface area contributed by atoms with Crippen LogP contribution in [0.15, 0.2) is 42.6 Å². The van der Waals surface area contributed by atoms with E-state index in [1.54, 1.807) is 25.4 Å². The summed E-state index contributed by atoms with van der Waals surface area (Å²) in [6.07, 6.45) is 1.71. The zero-order chi connectivity index (χ0) is 19.6. The Bertz CT molecular complexity index is 1010. The van der Waals surface area contributed by atoms with Crippen molar-refractivity contribution >= 4 is 34.1 Å². The van der Waals surface area contributed by atoms with Gasteiger partial charge in [0.15, 0.2) is 0 Å². The molecule has 7 heteroatoms. The fourth-order valence-corrected chi connectivity index (χ4v) is 3.33. The molecule has 3 rings (SSSR count). The van der Waals surface area contributed by atoms with Crippen molar-refractivity contribution in [1.82, 2.24) is 4.98 Å². The Labute approximate surface area is 162 Å². The van der Waals surface area contributed by atoms with E-state index in [2.05, 4.69) is 10.3 Å². The Balaban J connectivity index is 2.06. The van der Waals surface area contributed by atoms with Crippen molar-refractivity contribution in [3.05, 3.63) is 64.3 Å². The second-order valence-electron chi connectivity index (χ2n) is 6.21. The summed E-state index contributed by atoms with van der Waals surface area (Å²) >= 11 is 6.26. The SMILES string of the molecule is COc1ccc(C(CN)Nc2c(C)cnc3c(C(N)=O)cccc23)cc1Cl. The Hall–Kier alpha value is -2.83. The van der Waals surface area contributed by atoms with Crippen LogP contribution in [0.4, 0.5) is 5.69 Å². The van der Waals surface area contributed by atoms with Gasteiger partial charge in [-0.25, -0.2) is 0 Å². The van der Waals surface area contributed by atoms with Crippen molar-refractivity contribution < 1.29 is 9.53 Å². The number of aromatic nitrogens is 1. The van der Waals surface area contributed by atoms with Crippen LogP contribution in [0.25, 0.3) is 10.9 Å². The van der Waals surface area contributed by atoms with Crippen LogP contribution in [0.1, 0.15) is 27.5 Å². The lowest BCUT2D eigenvalue weighted by Gasteiger charge is -2.22. The number of nitrogens with two attached hydrogens (primary N) is 2. The molecular weight excluding hydrogens is 364 g/mol. The van der Waals surface area contributed by atoms with Gasteiger partial charge in [-0.2, -0.15) is 0 Å². The summed E-state index contributed by atoms with van der Waals surface area (Å²) in [4.78, 5) is 16.1. The predicted octanol–water partition coefficient (Wildman–Crippen LogP) is 3.42. The van der Waals surface area contributed by atoms with E-state index in [4.69, 9.17) is 27.8 Å². The number of carbonyl (C=O) groups excluding carboxylic acids is 1. The first-order valence-corrected chi connectivity index (χ1v) is 8.82. The van der Waals surface area contributed by atoms with Crippen LogP contribution in [0.2, 0.25) is 5.02 Å². The van der Waals surface area contributed by atoms with Gasteiger partial charge >= 0.3 is 0 Å². The van der Waals surface area contributed by atoms with E-state index in [0.717, 1.165) is 22.2 Å². The van der Waals surface area contributed by atoms with Gasteiger partial charge in [-0.1, -0.05) is 29.8 Å². The molecule has 1 amide bonds. The maximum atomic E-state index is 11.7. The number of nitrogens with zero attached hydrogens (tertiary/aromatic N) is 1. The van der Waals surface area contributed by atoms with Crippen molar-refractivity contribution in [2.24, 2.45) is 11.5 Å². The monoisotopic (exact) mass is 384 g/mol. The van der Waals surface area contributed by atoms with Crippen LogP contribution >= 0.6 is 11.6 Å². The van der Waals surface area contributed by atoms with Crippen LogP contribution in [0, 0.1) is 6.92 Å². The predicted molar refractivity (Wildman–Crippen MR) is 108 cm³/mol. The molecule has 5 N–H and O–H groups in total. The van der Waals surface area contributed by atoms with E-state index in [-0.39, 0.29) is 6.04 Å². The average molecular weight is 385 g/mol. The average Bonchev–Trinajstić information content (AvgIpc) is 2.66. The van der Waals surface area contributed by atoms with E-state index in [9.17, 15) is 4.79 Å². The second-order valence-corrected chi connectivity index (χ2v) is 6.62. The molecule has 0 fully saturated rings. The van der Waals surface area contributed by atoms with Crippen molar-refractivity contribution in [2.45, 2.75) is 13.0 Å². The van der Waals surface area contributed by atoms with Crippen molar-refractivity contribution in [3.8, 4) is 5.75 Å². The number of para-hydroxylation sites is 1. The Morgan fingerprint density at radius 1 is 1.33 bits per heavy atom. The number of pyridine rings is 1. The number of ether oxygens (including phenoxy) is 1. The number of halogens is 1. The molecular formula is C20H21ClN4O2. The first kappa shape index (κ1) is 18.9. The first-order valence-electron chi connectivity index (χ1n) is 8.44. The molecule has 1 aromatic heterocycles. The molecule has 0 radical (unpaired) electrons. The molecule has 0 aliphatic carbocycles. The fraction of sp³-hybridized carbons (Fsp3) is 0.200. The molecule has 1 unspecified atom stereocenters. The van der Waals surface area contributed by atoms with E-state index in [0.29, 0.717) is 28.4 Å². The molecule has 3 aromatic rings. The van der Waals surface area contributed by atoms with Gasteiger partial charge in [0.25, 0.3) is 5.91 Å². The van der Waals surface area contributed by atoms with Gasteiger partial charge in [-0.15, -0.1) is 0 Å². The molecule has 0 aliphatic heterocycles. The number of hydrogen-bond acceptors (Lipinski definition) is 5. The molecule has 0 bridgehead atoms. The molecule has 27 heavy (non-hydrogen) atoms. The van der Waals surface area contributed by atoms with Gasteiger partial charge in [0.1, 0.15) is 5.75 Å². The van der Waals surface area contributed by atoms with Crippen LogP contribution in [-0.4, -0.2) is 24.5 Å². The summed E-state index contributed by atoms with van der Waals surface area (Å²) < 4.78 is 5.21. The van der Waals surface area contributed by atoms with Gasteiger partial charge in [0.05, 0.1) is 29.3 Å². The Morgan fingerprint density at radius 3 is 2.74 bits per heavy atom. The number of carbonyl (C=O) groups is 1. The molecule has 6 nitrogen and oxygen atoms in total. The van der Waals surface area contributed by atoms with Crippen LogP contribution < -0.4 is 21.5 Å². The summed E-state index contributed by atoms with van der Waals surface area (Å²) in [6.45, 7) is 2.29. The van der Waals surface area contributed by atoms with Crippen LogP contribution in [-0.2, 0) is 0 Å². The van der Waals surface area contributed by atoms with Gasteiger partial charge in [0, 0.05) is 23.8 Å². The molecule has 1 atom stereocenters. The highest BCUT2D eigenvalue weighted by atomic mass is 35.5. The van der Waals surface area contributed by atoms with Gasteiger partial charge in [-0.3, -0.25) is 9.78 Å². The minimum absolute atomic E-state index is 0.185. The summed E-state index contributed by atoms with van der Waals surface area (Å²) in [6, 6.07) is 10.7. The van der Waals surface area contributed by atoms with Crippen LogP contribution in [0.5, 0.6) is 5.75 Å². The summed E-state index contributed by atoms with van der Waals surface area (Å²) in [7, 11) is 1.57. The number of primary amides is 1. The highest BCUT2D eigenvalue weighted by Gasteiger charge is 2.17. The third kappa shape index (κ3) is 3.67. The lowest BCUT2D eigenvalue weighted by atomic mass is 10.0. The minimum atomic E-state index is -0.514. The van der Waals surface area contributed by atoms with E-state index >= 15 is 0 Å². The second kappa shape index (κ2) is 7.82. The van der Waals surface area contributed by atoms with Crippen molar-refractivity contribution in [3.63, 3.8) is 0 Å². The molecule has 1 heterocycles. The normalized spacial score (nSPS) is 12.0. The number of anilines is 1. The Kier molecular flexibility index (Phi) is 5.48. The quantitative estimate of drug-likeness (QED) is 0.604. The molecule has 0 spiro atoms. The highest BCUT2D eigenvalue weighted by molar-refractivity contribution is 6.32. The largest absolute Gasteiger partial charge is 0.495 e. The highest BCUT2D eigenvalue weighted by Crippen LogP contribution is 2.32.